The number of carbonyl (C=O) groups excluding carboxylic acids is 1. The molecule has 0 saturated heterocycles. The van der Waals surface area contributed by atoms with Gasteiger partial charge in [0.1, 0.15) is 0 Å². The minimum Gasteiger partial charge on any atom is -0.366 e. The second-order valence-electron chi connectivity index (χ2n) is 4.09. The number of hydrogen-bond donors (Lipinski definition) is 1. The molecule has 2 rings (SSSR count). The predicted octanol–water partition coefficient (Wildman–Crippen LogP) is 2.02. The van der Waals surface area contributed by atoms with Crippen LogP contribution in [0.3, 0.4) is 0 Å². The van der Waals surface area contributed by atoms with Crippen molar-refractivity contribution in [1.29, 1.82) is 0 Å². The van der Waals surface area contributed by atoms with E-state index >= 15 is 0 Å². The van der Waals surface area contributed by atoms with Gasteiger partial charge in [0, 0.05) is 6.08 Å². The summed E-state index contributed by atoms with van der Waals surface area (Å²) in [6.45, 7) is 0. The van der Waals surface area contributed by atoms with Crippen molar-refractivity contribution in [2.24, 2.45) is 5.73 Å². The number of carbonyl (C=O) groups is 1. The highest BCUT2D eigenvalue weighted by atomic mass is 32.2. The molecule has 0 atom stereocenters. The molecule has 1 amide bonds. The van der Waals surface area contributed by atoms with E-state index < -0.39 is 15.7 Å². The van der Waals surface area contributed by atoms with Gasteiger partial charge in [-0.2, -0.15) is 0 Å². The van der Waals surface area contributed by atoms with E-state index in [9.17, 15) is 13.2 Å². The summed E-state index contributed by atoms with van der Waals surface area (Å²) in [6.07, 6.45) is 2.54. The van der Waals surface area contributed by atoms with Crippen LogP contribution in [-0.2, 0) is 14.6 Å². The molecule has 4 nitrogen and oxygen atoms in total. The SMILES string of the molecule is NC(=O)/C=C\c1ccccc1S(=O)(=O)c1ccccc1. The van der Waals surface area contributed by atoms with Crippen molar-refractivity contribution >= 4 is 21.8 Å². The van der Waals surface area contributed by atoms with Crippen molar-refractivity contribution in [3.8, 4) is 0 Å². The van der Waals surface area contributed by atoms with Crippen molar-refractivity contribution in [2.45, 2.75) is 9.79 Å². The molecule has 0 aromatic heterocycles. The van der Waals surface area contributed by atoms with Gasteiger partial charge in [0.2, 0.25) is 15.7 Å². The van der Waals surface area contributed by atoms with Gasteiger partial charge in [0.05, 0.1) is 9.79 Å². The van der Waals surface area contributed by atoms with Crippen LogP contribution in [0.2, 0.25) is 0 Å². The van der Waals surface area contributed by atoms with Crippen molar-refractivity contribution in [2.75, 3.05) is 0 Å². The fourth-order valence-corrected chi connectivity index (χ4v) is 3.23. The van der Waals surface area contributed by atoms with Crippen LogP contribution >= 0.6 is 0 Å². The first kappa shape index (κ1) is 14.0. The first-order valence-electron chi connectivity index (χ1n) is 5.88. The number of nitrogens with two attached hydrogens (primary N) is 1. The molecule has 0 aliphatic heterocycles. The molecule has 5 heteroatoms. The van der Waals surface area contributed by atoms with Crippen LogP contribution in [0.4, 0.5) is 0 Å². The highest BCUT2D eigenvalue weighted by Crippen LogP contribution is 2.24. The lowest BCUT2D eigenvalue weighted by atomic mass is 10.2. The maximum absolute atomic E-state index is 12.5. The predicted molar refractivity (Wildman–Crippen MR) is 76.6 cm³/mol. The highest BCUT2D eigenvalue weighted by molar-refractivity contribution is 7.91. The molecule has 2 N–H and O–H groups in total. The Morgan fingerprint density at radius 2 is 1.55 bits per heavy atom. The van der Waals surface area contributed by atoms with Crippen LogP contribution < -0.4 is 5.73 Å². The Labute approximate surface area is 117 Å². The van der Waals surface area contributed by atoms with E-state index in [0.29, 0.717) is 5.56 Å². The third-order valence-corrected chi connectivity index (χ3v) is 4.53. The lowest BCUT2D eigenvalue weighted by Gasteiger charge is -2.07. The standard InChI is InChI=1S/C15H13NO3S/c16-15(17)11-10-12-6-4-5-9-14(12)20(18,19)13-7-2-1-3-8-13/h1-11H,(H2,16,17)/b11-10-. The minimum absolute atomic E-state index is 0.142. The van der Waals surface area contributed by atoms with E-state index in [-0.39, 0.29) is 9.79 Å². The Morgan fingerprint density at radius 1 is 0.950 bits per heavy atom. The fourth-order valence-electron chi connectivity index (χ4n) is 1.76. The molecular weight excluding hydrogens is 274 g/mol. The monoisotopic (exact) mass is 287 g/mol. The Morgan fingerprint density at radius 3 is 2.20 bits per heavy atom. The van der Waals surface area contributed by atoms with E-state index in [2.05, 4.69) is 0 Å². The topological polar surface area (TPSA) is 77.2 Å². The van der Waals surface area contributed by atoms with E-state index in [1.165, 1.54) is 24.3 Å². The van der Waals surface area contributed by atoms with Gasteiger partial charge in [0.25, 0.3) is 0 Å². The molecule has 0 bridgehead atoms. The van der Waals surface area contributed by atoms with Crippen LogP contribution in [0.5, 0.6) is 0 Å². The van der Waals surface area contributed by atoms with E-state index in [1.807, 2.05) is 0 Å². The second-order valence-corrected chi connectivity index (χ2v) is 6.01. The summed E-state index contributed by atoms with van der Waals surface area (Å²) >= 11 is 0. The number of amides is 1. The van der Waals surface area contributed by atoms with Gasteiger partial charge in [0.15, 0.2) is 0 Å². The van der Waals surface area contributed by atoms with E-state index in [0.717, 1.165) is 6.08 Å². The minimum atomic E-state index is -3.62. The summed E-state index contributed by atoms with van der Waals surface area (Å²) in [5.41, 5.74) is 5.46. The fraction of sp³-hybridized carbons (Fsp3) is 0. The molecular formula is C15H13NO3S. The van der Waals surface area contributed by atoms with Gasteiger partial charge in [-0.1, -0.05) is 36.4 Å². The lowest BCUT2D eigenvalue weighted by Crippen LogP contribution is -2.06. The molecule has 0 spiro atoms. The van der Waals surface area contributed by atoms with Crippen molar-refractivity contribution in [3.63, 3.8) is 0 Å². The molecule has 0 saturated carbocycles. The average molecular weight is 287 g/mol. The first-order valence-corrected chi connectivity index (χ1v) is 7.37. The molecule has 0 radical (unpaired) electrons. The zero-order valence-corrected chi connectivity index (χ0v) is 11.4. The van der Waals surface area contributed by atoms with Crippen LogP contribution in [0.15, 0.2) is 70.5 Å². The summed E-state index contributed by atoms with van der Waals surface area (Å²) in [4.78, 5) is 11.1. The van der Waals surface area contributed by atoms with Crippen LogP contribution in [-0.4, -0.2) is 14.3 Å². The Balaban J connectivity index is 2.56. The maximum Gasteiger partial charge on any atom is 0.241 e. The van der Waals surface area contributed by atoms with Crippen molar-refractivity contribution in [1.82, 2.24) is 0 Å². The number of hydrogen-bond acceptors (Lipinski definition) is 3. The number of rotatable bonds is 4. The largest absolute Gasteiger partial charge is 0.366 e. The molecule has 0 unspecified atom stereocenters. The number of benzene rings is 2. The zero-order valence-electron chi connectivity index (χ0n) is 10.6. The number of primary amides is 1. The summed E-state index contributed by atoms with van der Waals surface area (Å²) in [6, 6.07) is 14.6. The molecule has 2 aromatic carbocycles. The zero-order chi connectivity index (χ0) is 14.6. The third-order valence-electron chi connectivity index (χ3n) is 2.69. The van der Waals surface area contributed by atoms with Crippen LogP contribution in [0.1, 0.15) is 5.56 Å². The van der Waals surface area contributed by atoms with Crippen LogP contribution in [0, 0.1) is 0 Å². The normalized spacial score (nSPS) is 11.6. The Bertz CT molecular complexity index is 750. The van der Waals surface area contributed by atoms with Gasteiger partial charge in [-0.25, -0.2) is 8.42 Å². The average Bonchev–Trinajstić information content (AvgIpc) is 2.46. The first-order chi connectivity index (χ1) is 9.51. The Hall–Kier alpha value is -2.40. The molecule has 0 aliphatic carbocycles. The smallest absolute Gasteiger partial charge is 0.241 e. The van der Waals surface area contributed by atoms with Gasteiger partial charge in [-0.15, -0.1) is 0 Å². The van der Waals surface area contributed by atoms with Crippen molar-refractivity contribution < 1.29 is 13.2 Å². The van der Waals surface area contributed by atoms with Crippen LogP contribution in [0.25, 0.3) is 6.08 Å². The van der Waals surface area contributed by atoms with Gasteiger partial charge < -0.3 is 5.73 Å². The van der Waals surface area contributed by atoms with E-state index in [4.69, 9.17) is 5.73 Å². The second kappa shape index (κ2) is 5.71. The van der Waals surface area contributed by atoms with Gasteiger partial charge in [-0.05, 0) is 29.8 Å². The Kier molecular flexibility index (Phi) is 4.00. The summed E-state index contributed by atoms with van der Waals surface area (Å²) < 4.78 is 25.1. The van der Waals surface area contributed by atoms with Crippen molar-refractivity contribution in [3.05, 3.63) is 66.2 Å². The van der Waals surface area contributed by atoms with E-state index in [1.54, 1.807) is 36.4 Å². The summed E-state index contributed by atoms with van der Waals surface area (Å²) in [5, 5.41) is 0. The van der Waals surface area contributed by atoms with Gasteiger partial charge >= 0.3 is 0 Å². The molecule has 0 heterocycles. The summed E-state index contributed by atoms with van der Waals surface area (Å²) in [5.74, 6) is -0.628. The van der Waals surface area contributed by atoms with Gasteiger partial charge in [-0.3, -0.25) is 4.79 Å². The lowest BCUT2D eigenvalue weighted by molar-refractivity contribution is -0.113. The molecule has 20 heavy (non-hydrogen) atoms. The molecule has 2 aromatic rings. The summed E-state index contributed by atoms with van der Waals surface area (Å²) in [7, 11) is -3.62. The number of sulfone groups is 1. The molecule has 0 fully saturated rings. The molecule has 0 aliphatic rings. The maximum atomic E-state index is 12.5. The molecule has 102 valence electrons. The quantitative estimate of drug-likeness (QED) is 0.874. The third kappa shape index (κ3) is 2.95. The highest BCUT2D eigenvalue weighted by Gasteiger charge is 2.19.